The molecule has 1 aliphatic heterocycles. The van der Waals surface area contributed by atoms with Crippen molar-refractivity contribution >= 4 is 21.6 Å². The van der Waals surface area contributed by atoms with Crippen LogP contribution in [0.2, 0.25) is 0 Å². The second-order valence-electron chi connectivity index (χ2n) is 6.83. The van der Waals surface area contributed by atoms with Crippen molar-refractivity contribution < 1.29 is 22.7 Å². The summed E-state index contributed by atoms with van der Waals surface area (Å²) >= 11 is 0. The average Bonchev–Trinajstić information content (AvgIpc) is 2.78. The quantitative estimate of drug-likeness (QED) is 0.642. The lowest BCUT2D eigenvalue weighted by Crippen LogP contribution is -2.44. The fourth-order valence-corrected chi connectivity index (χ4v) is 4.57. The van der Waals surface area contributed by atoms with E-state index in [9.17, 15) is 13.2 Å². The third-order valence-corrected chi connectivity index (χ3v) is 6.62. The first-order chi connectivity index (χ1) is 14.5. The Morgan fingerprint density at radius 3 is 2.40 bits per heavy atom. The Morgan fingerprint density at radius 2 is 1.77 bits per heavy atom. The van der Waals surface area contributed by atoms with E-state index in [1.165, 1.54) is 19.2 Å². The Kier molecular flexibility index (Phi) is 7.67. The maximum Gasteiger partial charge on any atom is 0.264 e. The fraction of sp³-hybridized carbons (Fsp3) is 0.381. The van der Waals surface area contributed by atoms with Crippen molar-refractivity contribution in [3.05, 3.63) is 54.6 Å². The molecule has 1 heterocycles. The smallest absolute Gasteiger partial charge is 0.264 e. The van der Waals surface area contributed by atoms with Crippen LogP contribution in [0.15, 0.2) is 59.5 Å². The lowest BCUT2D eigenvalue weighted by Gasteiger charge is -2.27. The summed E-state index contributed by atoms with van der Waals surface area (Å²) in [6, 6.07) is 14.7. The highest BCUT2D eigenvalue weighted by atomic mass is 32.2. The first-order valence-corrected chi connectivity index (χ1v) is 11.2. The summed E-state index contributed by atoms with van der Waals surface area (Å²) in [5.41, 5.74) is 0.427. The average molecular weight is 434 g/mol. The largest absolute Gasteiger partial charge is 0.497 e. The normalized spacial score (nSPS) is 14.8. The number of morpholine rings is 1. The van der Waals surface area contributed by atoms with E-state index in [0.29, 0.717) is 37.7 Å². The van der Waals surface area contributed by atoms with Gasteiger partial charge in [0.25, 0.3) is 10.0 Å². The van der Waals surface area contributed by atoms with E-state index in [0.717, 1.165) is 17.4 Å². The number of hydrogen-bond acceptors (Lipinski definition) is 6. The number of para-hydroxylation sites is 1. The summed E-state index contributed by atoms with van der Waals surface area (Å²) in [6.07, 6.45) is 0. The van der Waals surface area contributed by atoms with E-state index in [2.05, 4.69) is 10.2 Å². The topological polar surface area (TPSA) is 88.2 Å². The molecule has 1 saturated heterocycles. The molecule has 162 valence electrons. The fourth-order valence-electron chi connectivity index (χ4n) is 3.15. The van der Waals surface area contributed by atoms with Gasteiger partial charge in [-0.15, -0.1) is 0 Å². The van der Waals surface area contributed by atoms with Gasteiger partial charge in [0.15, 0.2) is 0 Å². The van der Waals surface area contributed by atoms with E-state index < -0.39 is 10.0 Å². The lowest BCUT2D eigenvalue weighted by atomic mass is 10.3. The third-order valence-electron chi connectivity index (χ3n) is 4.83. The van der Waals surface area contributed by atoms with Gasteiger partial charge in [0, 0.05) is 26.2 Å². The van der Waals surface area contributed by atoms with Crippen LogP contribution in [-0.4, -0.2) is 72.3 Å². The van der Waals surface area contributed by atoms with E-state index in [1.54, 1.807) is 42.5 Å². The number of nitrogens with zero attached hydrogens (tertiary/aromatic N) is 2. The minimum atomic E-state index is -3.93. The van der Waals surface area contributed by atoms with Gasteiger partial charge >= 0.3 is 0 Å². The van der Waals surface area contributed by atoms with Crippen LogP contribution in [-0.2, 0) is 19.6 Å². The molecule has 0 atom stereocenters. The first kappa shape index (κ1) is 22.1. The zero-order valence-electron chi connectivity index (χ0n) is 17.0. The number of amides is 1. The van der Waals surface area contributed by atoms with Crippen LogP contribution in [0.4, 0.5) is 5.69 Å². The molecule has 0 saturated carbocycles. The summed E-state index contributed by atoms with van der Waals surface area (Å²) in [7, 11) is -2.41. The summed E-state index contributed by atoms with van der Waals surface area (Å²) in [4.78, 5) is 14.9. The zero-order chi connectivity index (χ0) is 21.4. The Labute approximate surface area is 177 Å². The minimum Gasteiger partial charge on any atom is -0.497 e. The number of carbonyl (C=O) groups excluding carboxylic acids is 1. The molecule has 0 unspecified atom stereocenters. The molecule has 0 bridgehead atoms. The molecule has 0 aliphatic carbocycles. The van der Waals surface area contributed by atoms with Crippen molar-refractivity contribution in [1.29, 1.82) is 0 Å². The predicted molar refractivity (Wildman–Crippen MR) is 114 cm³/mol. The lowest BCUT2D eigenvalue weighted by molar-refractivity contribution is -0.119. The van der Waals surface area contributed by atoms with Crippen LogP contribution in [0, 0.1) is 0 Å². The van der Waals surface area contributed by atoms with Gasteiger partial charge in [-0.3, -0.25) is 14.0 Å². The van der Waals surface area contributed by atoms with Gasteiger partial charge in [0.05, 0.1) is 30.9 Å². The first-order valence-electron chi connectivity index (χ1n) is 9.79. The van der Waals surface area contributed by atoms with Crippen molar-refractivity contribution in [1.82, 2.24) is 10.2 Å². The molecule has 1 N–H and O–H groups in total. The molecule has 2 aromatic carbocycles. The van der Waals surface area contributed by atoms with Crippen molar-refractivity contribution in [2.75, 3.05) is 57.4 Å². The molecule has 1 aliphatic rings. The molecule has 0 aromatic heterocycles. The number of anilines is 1. The zero-order valence-corrected chi connectivity index (χ0v) is 17.8. The molecule has 3 rings (SSSR count). The SMILES string of the molecule is COc1ccc(S(=O)(=O)N(CC(=O)NCCN2CCOCC2)c2ccccc2)cc1. The van der Waals surface area contributed by atoms with Crippen LogP contribution in [0.1, 0.15) is 0 Å². The van der Waals surface area contributed by atoms with Gasteiger partial charge in [-0.05, 0) is 36.4 Å². The van der Waals surface area contributed by atoms with E-state index in [4.69, 9.17) is 9.47 Å². The Bertz CT molecular complexity index is 913. The number of methoxy groups -OCH3 is 1. The number of rotatable bonds is 9. The molecule has 1 fully saturated rings. The number of hydrogen-bond donors (Lipinski definition) is 1. The highest BCUT2D eigenvalue weighted by Gasteiger charge is 2.27. The van der Waals surface area contributed by atoms with Crippen molar-refractivity contribution in [3.63, 3.8) is 0 Å². The van der Waals surface area contributed by atoms with E-state index in [1.807, 2.05) is 0 Å². The highest BCUT2D eigenvalue weighted by Crippen LogP contribution is 2.24. The van der Waals surface area contributed by atoms with Crippen LogP contribution >= 0.6 is 0 Å². The second-order valence-corrected chi connectivity index (χ2v) is 8.69. The van der Waals surface area contributed by atoms with Crippen molar-refractivity contribution in [2.45, 2.75) is 4.90 Å². The minimum absolute atomic E-state index is 0.0910. The number of sulfonamides is 1. The van der Waals surface area contributed by atoms with Crippen molar-refractivity contribution in [3.8, 4) is 5.75 Å². The molecule has 0 spiro atoms. The molecule has 9 heteroatoms. The molecular formula is C21H27N3O5S. The van der Waals surface area contributed by atoms with Gasteiger partial charge in [-0.25, -0.2) is 8.42 Å². The molecule has 0 radical (unpaired) electrons. The predicted octanol–water partition coefficient (Wildman–Crippen LogP) is 1.34. The third kappa shape index (κ3) is 5.71. The van der Waals surface area contributed by atoms with E-state index in [-0.39, 0.29) is 17.3 Å². The maximum atomic E-state index is 13.3. The van der Waals surface area contributed by atoms with Crippen LogP contribution < -0.4 is 14.4 Å². The summed E-state index contributed by atoms with van der Waals surface area (Å²) in [5, 5.41) is 2.82. The Balaban J connectivity index is 1.71. The molecule has 2 aromatic rings. The monoisotopic (exact) mass is 433 g/mol. The van der Waals surface area contributed by atoms with Gasteiger partial charge in [0.2, 0.25) is 5.91 Å². The molecule has 1 amide bonds. The number of benzene rings is 2. The van der Waals surface area contributed by atoms with Crippen LogP contribution in [0.3, 0.4) is 0 Å². The van der Waals surface area contributed by atoms with Gasteiger partial charge in [-0.2, -0.15) is 0 Å². The summed E-state index contributed by atoms with van der Waals surface area (Å²) in [6.45, 7) is 3.89. The molecule has 30 heavy (non-hydrogen) atoms. The Hall–Kier alpha value is -2.62. The highest BCUT2D eigenvalue weighted by molar-refractivity contribution is 7.92. The van der Waals surface area contributed by atoms with Crippen molar-refractivity contribution in [2.24, 2.45) is 0 Å². The molecule has 8 nitrogen and oxygen atoms in total. The van der Waals surface area contributed by atoms with Crippen LogP contribution in [0.25, 0.3) is 0 Å². The van der Waals surface area contributed by atoms with Gasteiger partial charge in [-0.1, -0.05) is 18.2 Å². The molecular weight excluding hydrogens is 406 g/mol. The summed E-state index contributed by atoms with van der Waals surface area (Å²) < 4.78 is 38.1. The number of carbonyl (C=O) groups is 1. The Morgan fingerprint density at radius 1 is 1.10 bits per heavy atom. The van der Waals surface area contributed by atoms with Gasteiger partial charge < -0.3 is 14.8 Å². The second kappa shape index (κ2) is 10.4. The van der Waals surface area contributed by atoms with Gasteiger partial charge in [0.1, 0.15) is 12.3 Å². The standard InChI is InChI=1S/C21H27N3O5S/c1-28-19-7-9-20(10-8-19)30(26,27)24(18-5-3-2-4-6-18)17-21(25)22-11-12-23-13-15-29-16-14-23/h2-10H,11-17H2,1H3,(H,22,25). The van der Waals surface area contributed by atoms with E-state index >= 15 is 0 Å². The number of ether oxygens (including phenoxy) is 2. The summed E-state index contributed by atoms with van der Waals surface area (Å²) in [5.74, 6) is 0.199. The maximum absolute atomic E-state index is 13.3. The van der Waals surface area contributed by atoms with Crippen LogP contribution in [0.5, 0.6) is 5.75 Å². The number of nitrogens with one attached hydrogen (secondary N) is 1.